The van der Waals surface area contributed by atoms with E-state index in [4.69, 9.17) is 4.74 Å². The molecule has 2 amide bonds. The highest BCUT2D eigenvalue weighted by Gasteiger charge is 2.35. The second-order valence-corrected chi connectivity index (χ2v) is 8.86. The van der Waals surface area contributed by atoms with E-state index >= 15 is 0 Å². The molecule has 0 aliphatic carbocycles. The zero-order valence-corrected chi connectivity index (χ0v) is 18.2. The van der Waals surface area contributed by atoms with Gasteiger partial charge in [-0.25, -0.2) is 0 Å². The molecule has 1 saturated heterocycles. The molecule has 154 valence electrons. The lowest BCUT2D eigenvalue weighted by Gasteiger charge is -2.26. The Morgan fingerprint density at radius 3 is 2.83 bits per heavy atom. The Kier molecular flexibility index (Phi) is 6.40. The molecule has 5 nitrogen and oxygen atoms in total. The third kappa shape index (κ3) is 4.52. The van der Waals surface area contributed by atoms with Gasteiger partial charge in [0.1, 0.15) is 11.1 Å². The van der Waals surface area contributed by atoms with Crippen molar-refractivity contribution in [1.29, 1.82) is 0 Å². The van der Waals surface area contributed by atoms with E-state index in [0.717, 1.165) is 21.8 Å². The van der Waals surface area contributed by atoms with Crippen molar-refractivity contribution in [3.05, 3.63) is 76.5 Å². The third-order valence-corrected chi connectivity index (χ3v) is 6.75. The Balaban J connectivity index is 1.56. The summed E-state index contributed by atoms with van der Waals surface area (Å²) in [5.41, 5.74) is 2.46. The summed E-state index contributed by atoms with van der Waals surface area (Å²) in [6, 6.07) is 19.2. The summed E-state index contributed by atoms with van der Waals surface area (Å²) in [6.07, 6.45) is 0.354. The molecule has 0 bridgehead atoms. The lowest BCUT2D eigenvalue weighted by atomic mass is 10.1. The first-order chi connectivity index (χ1) is 14.7. The fourth-order valence-corrected chi connectivity index (χ4v) is 5.27. The molecule has 1 aliphatic heterocycles. The molecule has 30 heavy (non-hydrogen) atoms. The Labute approximate surface area is 184 Å². The predicted molar refractivity (Wildman–Crippen MR) is 123 cm³/mol. The number of hydrogen-bond donors (Lipinski definition) is 1. The number of para-hydroxylation sites is 2. The topological polar surface area (TPSA) is 58.6 Å². The van der Waals surface area contributed by atoms with Crippen LogP contribution >= 0.6 is 23.1 Å². The fourth-order valence-electron chi connectivity index (χ4n) is 3.41. The molecule has 1 atom stereocenters. The Bertz CT molecular complexity index is 1040. The first-order valence-corrected chi connectivity index (χ1v) is 11.7. The van der Waals surface area contributed by atoms with Crippen LogP contribution in [0.1, 0.15) is 22.7 Å². The predicted octanol–water partition coefficient (Wildman–Crippen LogP) is 5.11. The van der Waals surface area contributed by atoms with Gasteiger partial charge in [-0.3, -0.25) is 14.5 Å². The molecule has 2 aromatic carbocycles. The summed E-state index contributed by atoms with van der Waals surface area (Å²) >= 11 is 3.14. The molecule has 1 fully saturated rings. The minimum absolute atomic E-state index is 0.0456. The highest BCUT2D eigenvalue weighted by atomic mass is 32.2. The molecule has 1 unspecified atom stereocenters. The summed E-state index contributed by atoms with van der Waals surface area (Å²) in [6.45, 7) is 2.46. The van der Waals surface area contributed by atoms with Gasteiger partial charge in [0.15, 0.2) is 0 Å². The lowest BCUT2D eigenvalue weighted by Crippen LogP contribution is -2.28. The first-order valence-electron chi connectivity index (χ1n) is 9.73. The first kappa shape index (κ1) is 20.5. The summed E-state index contributed by atoms with van der Waals surface area (Å²) in [5, 5.41) is 4.76. The van der Waals surface area contributed by atoms with Crippen molar-refractivity contribution in [3.8, 4) is 5.75 Å². The molecular weight excluding hydrogens is 416 g/mol. The van der Waals surface area contributed by atoms with E-state index in [9.17, 15) is 9.59 Å². The number of amides is 2. The number of nitrogens with zero attached hydrogens (tertiary/aromatic N) is 1. The van der Waals surface area contributed by atoms with Crippen LogP contribution in [0.15, 0.2) is 66.0 Å². The second-order valence-electron chi connectivity index (χ2n) is 6.76. The molecule has 4 rings (SSSR count). The molecule has 0 saturated carbocycles. The average molecular weight is 439 g/mol. The maximum atomic E-state index is 12.7. The fraction of sp³-hybridized carbons (Fsp3) is 0.217. The van der Waals surface area contributed by atoms with Gasteiger partial charge in [0.05, 0.1) is 24.5 Å². The Hall–Kier alpha value is -2.77. The average Bonchev–Trinajstić information content (AvgIpc) is 3.38. The molecule has 1 N–H and O–H groups in total. The van der Waals surface area contributed by atoms with Crippen LogP contribution in [-0.2, 0) is 16.0 Å². The molecule has 3 aromatic rings. The van der Waals surface area contributed by atoms with Gasteiger partial charge in [0.25, 0.3) is 0 Å². The van der Waals surface area contributed by atoms with Crippen LogP contribution in [0, 0.1) is 0 Å². The maximum Gasteiger partial charge on any atom is 0.238 e. The highest BCUT2D eigenvalue weighted by Crippen LogP contribution is 2.45. The normalized spacial score (nSPS) is 16.0. The van der Waals surface area contributed by atoms with Crippen molar-refractivity contribution in [1.82, 2.24) is 0 Å². The van der Waals surface area contributed by atoms with Gasteiger partial charge in [0, 0.05) is 10.6 Å². The van der Waals surface area contributed by atoms with Crippen molar-refractivity contribution in [2.75, 3.05) is 22.6 Å². The standard InChI is InChI=1S/C23H22N2O3S2/c1-2-28-20-11-4-3-10-19(20)25-22(27)15-30-23(25)16-7-5-8-17(13-16)24-21(26)14-18-9-6-12-29-18/h3-13,23H,2,14-15H2,1H3,(H,24,26). The van der Waals surface area contributed by atoms with Crippen molar-refractivity contribution < 1.29 is 14.3 Å². The minimum Gasteiger partial charge on any atom is -0.492 e. The maximum absolute atomic E-state index is 12.7. The van der Waals surface area contributed by atoms with E-state index < -0.39 is 0 Å². The number of hydrogen-bond acceptors (Lipinski definition) is 5. The van der Waals surface area contributed by atoms with E-state index in [-0.39, 0.29) is 17.2 Å². The van der Waals surface area contributed by atoms with Crippen molar-refractivity contribution in [2.45, 2.75) is 18.7 Å². The van der Waals surface area contributed by atoms with Crippen molar-refractivity contribution in [3.63, 3.8) is 0 Å². The van der Waals surface area contributed by atoms with Crippen LogP contribution in [0.4, 0.5) is 11.4 Å². The van der Waals surface area contributed by atoms with Gasteiger partial charge in [-0.2, -0.15) is 0 Å². The molecule has 1 aliphatic rings. The monoisotopic (exact) mass is 438 g/mol. The number of thiophene rings is 1. The Morgan fingerprint density at radius 2 is 2.03 bits per heavy atom. The third-order valence-electron chi connectivity index (χ3n) is 4.66. The molecular formula is C23H22N2O3S2. The number of carbonyl (C=O) groups excluding carboxylic acids is 2. The summed E-state index contributed by atoms with van der Waals surface area (Å²) in [4.78, 5) is 27.9. The zero-order valence-electron chi connectivity index (χ0n) is 16.5. The number of ether oxygens (including phenoxy) is 1. The van der Waals surface area contributed by atoms with E-state index in [1.807, 2.05) is 73.0 Å². The lowest BCUT2D eigenvalue weighted by molar-refractivity contribution is -0.116. The van der Waals surface area contributed by atoms with E-state index in [1.165, 1.54) is 0 Å². The van der Waals surface area contributed by atoms with Crippen LogP contribution in [0.25, 0.3) is 0 Å². The summed E-state index contributed by atoms with van der Waals surface area (Å²) in [7, 11) is 0. The smallest absolute Gasteiger partial charge is 0.238 e. The van der Waals surface area contributed by atoms with Gasteiger partial charge >= 0.3 is 0 Å². The largest absolute Gasteiger partial charge is 0.492 e. The summed E-state index contributed by atoms with van der Waals surface area (Å²) < 4.78 is 5.75. The molecule has 7 heteroatoms. The van der Waals surface area contributed by atoms with Gasteiger partial charge in [-0.05, 0) is 48.2 Å². The van der Waals surface area contributed by atoms with Gasteiger partial charge in [-0.1, -0.05) is 30.3 Å². The van der Waals surface area contributed by atoms with Crippen molar-refractivity contribution >= 4 is 46.3 Å². The van der Waals surface area contributed by atoms with Crippen LogP contribution in [0.5, 0.6) is 5.75 Å². The highest BCUT2D eigenvalue weighted by molar-refractivity contribution is 8.00. The minimum atomic E-state index is -0.173. The molecule has 2 heterocycles. The SMILES string of the molecule is CCOc1ccccc1N1C(=O)CSC1c1cccc(NC(=O)Cc2cccs2)c1. The molecule has 0 radical (unpaired) electrons. The van der Waals surface area contributed by atoms with Gasteiger partial charge < -0.3 is 10.1 Å². The van der Waals surface area contributed by atoms with E-state index in [2.05, 4.69) is 5.32 Å². The van der Waals surface area contributed by atoms with Crippen molar-refractivity contribution in [2.24, 2.45) is 0 Å². The van der Waals surface area contributed by atoms with Crippen LogP contribution in [-0.4, -0.2) is 24.2 Å². The Morgan fingerprint density at radius 1 is 1.17 bits per heavy atom. The molecule has 0 spiro atoms. The van der Waals surface area contributed by atoms with Crippen LogP contribution < -0.4 is 15.0 Å². The number of thioether (sulfide) groups is 1. The van der Waals surface area contributed by atoms with Crippen LogP contribution in [0.2, 0.25) is 0 Å². The van der Waals surface area contributed by atoms with Crippen LogP contribution in [0.3, 0.4) is 0 Å². The zero-order chi connectivity index (χ0) is 20.9. The number of carbonyl (C=O) groups is 2. The van der Waals surface area contributed by atoms with E-state index in [0.29, 0.717) is 24.5 Å². The second kappa shape index (κ2) is 9.36. The summed E-state index contributed by atoms with van der Waals surface area (Å²) in [5.74, 6) is 1.09. The quantitative estimate of drug-likeness (QED) is 0.557. The number of anilines is 2. The van der Waals surface area contributed by atoms with E-state index in [1.54, 1.807) is 28.0 Å². The number of nitrogens with one attached hydrogen (secondary N) is 1. The van der Waals surface area contributed by atoms with Gasteiger partial charge in [-0.15, -0.1) is 23.1 Å². The number of benzene rings is 2. The van der Waals surface area contributed by atoms with Gasteiger partial charge in [0.2, 0.25) is 11.8 Å². The number of rotatable bonds is 7. The molecule has 1 aromatic heterocycles.